The number of ether oxygens (including phenoxy) is 1. The van der Waals surface area contributed by atoms with Crippen LogP contribution in [-0.2, 0) is 20.7 Å². The maximum atomic E-state index is 12.6. The number of nitrogens with one attached hydrogen (secondary N) is 1. The maximum absolute atomic E-state index is 12.6. The van der Waals surface area contributed by atoms with Crippen molar-refractivity contribution in [1.82, 2.24) is 5.32 Å². The van der Waals surface area contributed by atoms with Gasteiger partial charge in [0.25, 0.3) is 0 Å². The summed E-state index contributed by atoms with van der Waals surface area (Å²) in [6.07, 6.45) is 3.73. The monoisotopic (exact) mass is 317 g/mol. The Morgan fingerprint density at radius 1 is 1.26 bits per heavy atom. The molecule has 2 aliphatic rings. The molecule has 1 aromatic rings. The van der Waals surface area contributed by atoms with Gasteiger partial charge in [-0.15, -0.1) is 0 Å². The fourth-order valence-corrected chi connectivity index (χ4v) is 3.63. The van der Waals surface area contributed by atoms with Gasteiger partial charge in [0.2, 0.25) is 5.91 Å². The quantitative estimate of drug-likeness (QED) is 0.892. The van der Waals surface area contributed by atoms with Gasteiger partial charge in [-0.05, 0) is 43.2 Å². The Hall–Kier alpha value is -1.88. The summed E-state index contributed by atoms with van der Waals surface area (Å²) >= 11 is 0. The molecule has 0 saturated carbocycles. The van der Waals surface area contributed by atoms with E-state index in [-0.39, 0.29) is 18.4 Å². The van der Waals surface area contributed by atoms with E-state index in [9.17, 15) is 14.7 Å². The number of amides is 1. The largest absolute Gasteiger partial charge is 0.481 e. The van der Waals surface area contributed by atoms with E-state index in [0.29, 0.717) is 26.1 Å². The average Bonchev–Trinajstić information content (AvgIpc) is 2.60. The molecule has 1 unspecified atom stereocenters. The van der Waals surface area contributed by atoms with Crippen LogP contribution >= 0.6 is 0 Å². The van der Waals surface area contributed by atoms with Crippen LogP contribution in [0.15, 0.2) is 24.3 Å². The van der Waals surface area contributed by atoms with E-state index >= 15 is 0 Å². The summed E-state index contributed by atoms with van der Waals surface area (Å²) in [6, 6.07) is 8.05. The van der Waals surface area contributed by atoms with E-state index in [0.717, 1.165) is 24.8 Å². The third-order valence-corrected chi connectivity index (χ3v) is 5.19. The molecule has 124 valence electrons. The minimum Gasteiger partial charge on any atom is -0.481 e. The molecule has 3 rings (SSSR count). The Bertz CT molecular complexity index is 592. The van der Waals surface area contributed by atoms with Crippen LogP contribution in [0.1, 0.15) is 42.7 Å². The number of carbonyl (C=O) groups excluding carboxylic acids is 1. The highest BCUT2D eigenvalue weighted by molar-refractivity contribution is 5.85. The SMILES string of the molecule is O=C(NCC1(C(=O)O)CCOCC1)C1CCCc2ccccc21. The first kappa shape index (κ1) is 16.0. The molecule has 0 radical (unpaired) electrons. The first-order valence-corrected chi connectivity index (χ1v) is 8.29. The minimum absolute atomic E-state index is 0.0516. The number of aryl methyl sites for hydroxylation is 1. The second kappa shape index (κ2) is 6.71. The number of benzene rings is 1. The van der Waals surface area contributed by atoms with E-state index in [1.54, 1.807) is 0 Å². The van der Waals surface area contributed by atoms with Crippen molar-refractivity contribution in [2.75, 3.05) is 19.8 Å². The molecule has 5 heteroatoms. The van der Waals surface area contributed by atoms with Crippen LogP contribution in [0.3, 0.4) is 0 Å². The number of fused-ring (bicyclic) bond motifs is 1. The van der Waals surface area contributed by atoms with Crippen molar-refractivity contribution in [1.29, 1.82) is 0 Å². The Labute approximate surface area is 136 Å². The number of rotatable bonds is 4. The van der Waals surface area contributed by atoms with Crippen molar-refractivity contribution >= 4 is 11.9 Å². The Morgan fingerprint density at radius 3 is 2.74 bits per heavy atom. The van der Waals surface area contributed by atoms with Crippen LogP contribution in [0.4, 0.5) is 0 Å². The van der Waals surface area contributed by atoms with Crippen LogP contribution in [0.2, 0.25) is 0 Å². The summed E-state index contributed by atoms with van der Waals surface area (Å²) in [5.41, 5.74) is 1.44. The summed E-state index contributed by atoms with van der Waals surface area (Å²) in [5.74, 6) is -1.06. The van der Waals surface area contributed by atoms with E-state index in [4.69, 9.17) is 4.74 Å². The van der Waals surface area contributed by atoms with Gasteiger partial charge < -0.3 is 15.2 Å². The molecule has 1 saturated heterocycles. The molecule has 0 bridgehead atoms. The lowest BCUT2D eigenvalue weighted by Gasteiger charge is -2.34. The topological polar surface area (TPSA) is 75.6 Å². The summed E-state index contributed by atoms with van der Waals surface area (Å²) in [4.78, 5) is 24.3. The number of aliphatic carboxylic acids is 1. The zero-order valence-electron chi connectivity index (χ0n) is 13.2. The predicted molar refractivity (Wildman–Crippen MR) is 85.3 cm³/mol. The number of hydrogen-bond donors (Lipinski definition) is 2. The van der Waals surface area contributed by atoms with Crippen LogP contribution < -0.4 is 5.32 Å². The van der Waals surface area contributed by atoms with Crippen molar-refractivity contribution < 1.29 is 19.4 Å². The first-order valence-electron chi connectivity index (χ1n) is 8.29. The predicted octanol–water partition coefficient (Wildman–Crippen LogP) is 2.10. The molecule has 1 fully saturated rings. The Balaban J connectivity index is 1.69. The lowest BCUT2D eigenvalue weighted by molar-refractivity contribution is -0.154. The molecule has 1 heterocycles. The van der Waals surface area contributed by atoms with Crippen LogP contribution in [0, 0.1) is 5.41 Å². The smallest absolute Gasteiger partial charge is 0.311 e. The molecule has 1 atom stereocenters. The normalized spacial score (nSPS) is 22.9. The molecular formula is C18H23NO4. The molecule has 1 amide bonds. The van der Waals surface area contributed by atoms with Gasteiger partial charge in [-0.2, -0.15) is 0 Å². The highest BCUT2D eigenvalue weighted by Gasteiger charge is 2.41. The van der Waals surface area contributed by atoms with Crippen LogP contribution in [-0.4, -0.2) is 36.7 Å². The van der Waals surface area contributed by atoms with Gasteiger partial charge in [0.15, 0.2) is 0 Å². The summed E-state index contributed by atoms with van der Waals surface area (Å²) in [5, 5.41) is 12.5. The van der Waals surface area contributed by atoms with Gasteiger partial charge in [-0.25, -0.2) is 0 Å². The first-order chi connectivity index (χ1) is 11.1. The van der Waals surface area contributed by atoms with Gasteiger partial charge in [0.05, 0.1) is 11.3 Å². The maximum Gasteiger partial charge on any atom is 0.311 e. The van der Waals surface area contributed by atoms with Gasteiger partial charge in [0.1, 0.15) is 0 Å². The minimum atomic E-state index is -0.887. The molecule has 23 heavy (non-hydrogen) atoms. The van der Waals surface area contributed by atoms with Gasteiger partial charge in [-0.1, -0.05) is 24.3 Å². The van der Waals surface area contributed by atoms with Gasteiger partial charge in [0, 0.05) is 19.8 Å². The molecule has 5 nitrogen and oxygen atoms in total. The molecule has 0 aromatic heterocycles. The second-order valence-electron chi connectivity index (χ2n) is 6.56. The number of carboxylic acids is 1. The van der Waals surface area contributed by atoms with Gasteiger partial charge in [-0.3, -0.25) is 9.59 Å². The molecule has 2 N–H and O–H groups in total. The number of carboxylic acid groups (broad SMARTS) is 1. The molecule has 1 aromatic carbocycles. The van der Waals surface area contributed by atoms with Gasteiger partial charge >= 0.3 is 5.97 Å². The zero-order chi connectivity index (χ0) is 16.3. The summed E-state index contributed by atoms with van der Waals surface area (Å²) in [7, 11) is 0. The van der Waals surface area contributed by atoms with E-state index < -0.39 is 11.4 Å². The highest BCUT2D eigenvalue weighted by atomic mass is 16.5. The Kier molecular flexibility index (Phi) is 4.66. The van der Waals surface area contributed by atoms with Crippen LogP contribution in [0.25, 0.3) is 0 Å². The summed E-state index contributed by atoms with van der Waals surface area (Å²) in [6.45, 7) is 1.06. The lowest BCUT2D eigenvalue weighted by Crippen LogP contribution is -2.47. The second-order valence-corrected chi connectivity index (χ2v) is 6.56. The zero-order valence-corrected chi connectivity index (χ0v) is 13.2. The van der Waals surface area contributed by atoms with Crippen molar-refractivity contribution in [3.8, 4) is 0 Å². The molecular weight excluding hydrogens is 294 g/mol. The lowest BCUT2D eigenvalue weighted by atomic mass is 9.79. The van der Waals surface area contributed by atoms with Crippen LogP contribution in [0.5, 0.6) is 0 Å². The standard InChI is InChI=1S/C18H23NO4/c20-16(15-7-3-5-13-4-1-2-6-14(13)15)19-12-18(17(21)22)8-10-23-11-9-18/h1-2,4,6,15H,3,5,7-12H2,(H,19,20)(H,21,22). The third kappa shape index (κ3) is 3.24. The summed E-state index contributed by atoms with van der Waals surface area (Å²) < 4.78 is 5.27. The average molecular weight is 317 g/mol. The van der Waals surface area contributed by atoms with E-state index in [1.165, 1.54) is 5.56 Å². The fourth-order valence-electron chi connectivity index (χ4n) is 3.63. The Morgan fingerprint density at radius 2 is 2.00 bits per heavy atom. The highest BCUT2D eigenvalue weighted by Crippen LogP contribution is 2.33. The third-order valence-electron chi connectivity index (χ3n) is 5.19. The van der Waals surface area contributed by atoms with Crippen molar-refractivity contribution in [3.05, 3.63) is 35.4 Å². The van der Waals surface area contributed by atoms with Crippen molar-refractivity contribution in [2.24, 2.45) is 5.41 Å². The molecule has 1 aliphatic heterocycles. The molecule has 1 aliphatic carbocycles. The van der Waals surface area contributed by atoms with Crippen molar-refractivity contribution in [3.63, 3.8) is 0 Å². The van der Waals surface area contributed by atoms with Crippen molar-refractivity contribution in [2.45, 2.75) is 38.0 Å². The fraction of sp³-hybridized carbons (Fsp3) is 0.556. The molecule has 0 spiro atoms. The number of carbonyl (C=O) groups is 2. The van der Waals surface area contributed by atoms with E-state index in [1.807, 2.05) is 18.2 Å². The number of hydrogen-bond acceptors (Lipinski definition) is 3. The van der Waals surface area contributed by atoms with E-state index in [2.05, 4.69) is 11.4 Å².